The zero-order valence-electron chi connectivity index (χ0n) is 15.8. The molecule has 0 atom stereocenters. The molecule has 2 heterocycles. The highest BCUT2D eigenvalue weighted by Crippen LogP contribution is 2.17. The number of hydrogen-bond donors (Lipinski definition) is 0. The largest absolute Gasteiger partial charge is 0.444 e. The van der Waals surface area contributed by atoms with Gasteiger partial charge in [0.15, 0.2) is 0 Å². The van der Waals surface area contributed by atoms with Gasteiger partial charge in [-0.25, -0.2) is 9.78 Å². The van der Waals surface area contributed by atoms with E-state index in [9.17, 15) is 4.79 Å². The number of rotatable bonds is 3. The molecule has 0 radical (unpaired) electrons. The highest BCUT2D eigenvalue weighted by atomic mass is 16.6. The summed E-state index contributed by atoms with van der Waals surface area (Å²) in [5.74, 6) is 0.964. The Morgan fingerprint density at radius 2 is 1.69 bits per heavy atom. The molecule has 0 unspecified atom stereocenters. The van der Waals surface area contributed by atoms with Crippen LogP contribution in [0.1, 0.15) is 31.9 Å². The molecule has 2 aromatic rings. The van der Waals surface area contributed by atoms with Crippen LogP contribution in [-0.4, -0.2) is 47.8 Å². The molecule has 1 amide bonds. The second-order valence-corrected chi connectivity index (χ2v) is 7.64. The second-order valence-electron chi connectivity index (χ2n) is 7.64. The third kappa shape index (κ3) is 4.97. The molecule has 3 rings (SSSR count). The van der Waals surface area contributed by atoms with Gasteiger partial charge in [-0.15, -0.1) is 0 Å². The van der Waals surface area contributed by atoms with Crippen molar-refractivity contribution in [2.45, 2.75) is 32.8 Å². The summed E-state index contributed by atoms with van der Waals surface area (Å²) in [7, 11) is 0. The maximum atomic E-state index is 12.1. The third-order valence-electron chi connectivity index (χ3n) is 4.32. The van der Waals surface area contributed by atoms with Crippen molar-refractivity contribution in [3.63, 3.8) is 0 Å². The van der Waals surface area contributed by atoms with Crippen LogP contribution in [0.15, 0.2) is 48.7 Å². The Bertz CT molecular complexity index is 715. The van der Waals surface area contributed by atoms with Gasteiger partial charge in [0.05, 0.1) is 0 Å². The van der Waals surface area contributed by atoms with E-state index in [0.717, 1.165) is 25.3 Å². The molecular weight excluding hydrogens is 326 g/mol. The zero-order valence-corrected chi connectivity index (χ0v) is 15.8. The highest BCUT2D eigenvalue weighted by Gasteiger charge is 2.26. The van der Waals surface area contributed by atoms with Crippen LogP contribution in [0.5, 0.6) is 0 Å². The molecule has 0 saturated carbocycles. The van der Waals surface area contributed by atoms with E-state index in [1.165, 1.54) is 11.1 Å². The average Bonchev–Trinajstić information content (AvgIpc) is 2.62. The van der Waals surface area contributed by atoms with Crippen LogP contribution in [0.2, 0.25) is 0 Å². The molecule has 0 bridgehead atoms. The molecule has 1 aromatic heterocycles. The Labute approximate surface area is 155 Å². The van der Waals surface area contributed by atoms with Crippen molar-refractivity contribution in [3.05, 3.63) is 59.8 Å². The average molecular weight is 353 g/mol. The molecule has 0 aliphatic carbocycles. The highest BCUT2D eigenvalue weighted by molar-refractivity contribution is 5.68. The first kappa shape index (κ1) is 18.2. The van der Waals surface area contributed by atoms with E-state index in [1.54, 1.807) is 4.90 Å². The van der Waals surface area contributed by atoms with E-state index in [1.807, 2.05) is 33.0 Å². The van der Waals surface area contributed by atoms with Gasteiger partial charge in [-0.2, -0.15) is 0 Å². The Kier molecular flexibility index (Phi) is 5.45. The number of carbonyl (C=O) groups is 1. The van der Waals surface area contributed by atoms with Crippen LogP contribution in [-0.2, 0) is 11.2 Å². The Balaban J connectivity index is 1.54. The van der Waals surface area contributed by atoms with Crippen LogP contribution in [0.25, 0.3) is 0 Å². The van der Waals surface area contributed by atoms with E-state index in [4.69, 9.17) is 4.74 Å². The summed E-state index contributed by atoms with van der Waals surface area (Å²) < 4.78 is 5.44. The van der Waals surface area contributed by atoms with Crippen molar-refractivity contribution in [2.24, 2.45) is 0 Å². The molecule has 1 aliphatic rings. The summed E-state index contributed by atoms with van der Waals surface area (Å²) in [5, 5.41) is 0. The number of pyridine rings is 1. The van der Waals surface area contributed by atoms with E-state index < -0.39 is 5.60 Å². The second kappa shape index (κ2) is 7.77. The van der Waals surface area contributed by atoms with Crippen molar-refractivity contribution < 1.29 is 9.53 Å². The fourth-order valence-electron chi connectivity index (χ4n) is 2.98. The van der Waals surface area contributed by atoms with Gasteiger partial charge in [-0.05, 0) is 44.4 Å². The lowest BCUT2D eigenvalue weighted by Gasteiger charge is -2.36. The van der Waals surface area contributed by atoms with Crippen molar-refractivity contribution in [1.29, 1.82) is 0 Å². The Morgan fingerprint density at radius 3 is 2.27 bits per heavy atom. The fourth-order valence-corrected chi connectivity index (χ4v) is 2.98. The molecular formula is C21H27N3O2. The van der Waals surface area contributed by atoms with Gasteiger partial charge in [0, 0.05) is 32.4 Å². The minimum atomic E-state index is -0.454. The number of carbonyl (C=O) groups excluding carboxylic acids is 1. The number of hydrogen-bond acceptors (Lipinski definition) is 4. The van der Waals surface area contributed by atoms with E-state index >= 15 is 0 Å². The number of piperazine rings is 1. The summed E-state index contributed by atoms with van der Waals surface area (Å²) in [4.78, 5) is 20.7. The van der Waals surface area contributed by atoms with Gasteiger partial charge in [0.1, 0.15) is 11.4 Å². The Hall–Kier alpha value is -2.56. The lowest BCUT2D eigenvalue weighted by atomic mass is 10.1. The van der Waals surface area contributed by atoms with Gasteiger partial charge >= 0.3 is 6.09 Å². The number of aromatic nitrogens is 1. The molecule has 138 valence electrons. The van der Waals surface area contributed by atoms with Crippen LogP contribution >= 0.6 is 0 Å². The first-order valence-corrected chi connectivity index (χ1v) is 9.12. The van der Waals surface area contributed by atoms with Crippen LogP contribution in [0.3, 0.4) is 0 Å². The van der Waals surface area contributed by atoms with Crippen molar-refractivity contribution in [1.82, 2.24) is 9.88 Å². The molecule has 1 fully saturated rings. The van der Waals surface area contributed by atoms with Crippen LogP contribution in [0.4, 0.5) is 10.6 Å². The van der Waals surface area contributed by atoms with Gasteiger partial charge < -0.3 is 14.5 Å². The van der Waals surface area contributed by atoms with Crippen LogP contribution < -0.4 is 4.90 Å². The molecule has 26 heavy (non-hydrogen) atoms. The predicted molar refractivity (Wildman–Crippen MR) is 104 cm³/mol. The van der Waals surface area contributed by atoms with Crippen molar-refractivity contribution >= 4 is 11.9 Å². The number of ether oxygens (including phenoxy) is 1. The number of benzene rings is 1. The minimum Gasteiger partial charge on any atom is -0.444 e. The topological polar surface area (TPSA) is 45.7 Å². The summed E-state index contributed by atoms with van der Waals surface area (Å²) >= 11 is 0. The molecule has 5 heteroatoms. The maximum Gasteiger partial charge on any atom is 0.410 e. The first-order valence-electron chi connectivity index (χ1n) is 9.12. The van der Waals surface area contributed by atoms with Gasteiger partial charge in [0.25, 0.3) is 0 Å². The summed E-state index contributed by atoms with van der Waals surface area (Å²) in [5.41, 5.74) is 2.03. The molecule has 5 nitrogen and oxygen atoms in total. The predicted octanol–water partition coefficient (Wildman–Crippen LogP) is 3.73. The standard InChI is InChI=1S/C21H27N3O2/c1-21(2,3)26-20(25)24-13-11-23(12-14-24)19-10-9-18(16-22-19)15-17-7-5-4-6-8-17/h4-10,16H,11-15H2,1-3H3. The normalized spacial score (nSPS) is 15.0. The van der Waals surface area contributed by atoms with Crippen LogP contribution in [0, 0.1) is 0 Å². The summed E-state index contributed by atoms with van der Waals surface area (Å²) in [6.45, 7) is 8.52. The number of anilines is 1. The summed E-state index contributed by atoms with van der Waals surface area (Å²) in [6.07, 6.45) is 2.60. The summed E-state index contributed by atoms with van der Waals surface area (Å²) in [6, 6.07) is 14.6. The quantitative estimate of drug-likeness (QED) is 0.843. The fraction of sp³-hybridized carbons (Fsp3) is 0.429. The van der Waals surface area contributed by atoms with Gasteiger partial charge in [0.2, 0.25) is 0 Å². The van der Waals surface area contributed by atoms with E-state index in [2.05, 4.69) is 46.3 Å². The number of amides is 1. The molecule has 0 spiro atoms. The van der Waals surface area contributed by atoms with E-state index in [-0.39, 0.29) is 6.09 Å². The van der Waals surface area contributed by atoms with Crippen molar-refractivity contribution in [2.75, 3.05) is 31.1 Å². The zero-order chi connectivity index (χ0) is 18.6. The minimum absolute atomic E-state index is 0.233. The first-order chi connectivity index (χ1) is 12.4. The molecule has 0 N–H and O–H groups in total. The molecule has 1 saturated heterocycles. The molecule has 1 aliphatic heterocycles. The molecule has 1 aromatic carbocycles. The lowest BCUT2D eigenvalue weighted by Crippen LogP contribution is -2.50. The van der Waals surface area contributed by atoms with Gasteiger partial charge in [-0.3, -0.25) is 0 Å². The number of nitrogens with zero attached hydrogens (tertiary/aromatic N) is 3. The smallest absolute Gasteiger partial charge is 0.410 e. The maximum absolute atomic E-state index is 12.1. The van der Waals surface area contributed by atoms with E-state index in [0.29, 0.717) is 13.1 Å². The monoisotopic (exact) mass is 353 g/mol. The lowest BCUT2D eigenvalue weighted by molar-refractivity contribution is 0.0240. The van der Waals surface area contributed by atoms with Gasteiger partial charge in [-0.1, -0.05) is 36.4 Å². The third-order valence-corrected chi connectivity index (χ3v) is 4.32. The Morgan fingerprint density at radius 1 is 1.00 bits per heavy atom. The SMILES string of the molecule is CC(C)(C)OC(=O)N1CCN(c2ccc(Cc3ccccc3)cn2)CC1. The van der Waals surface area contributed by atoms with Crippen molar-refractivity contribution in [3.8, 4) is 0 Å².